The van der Waals surface area contributed by atoms with Crippen molar-refractivity contribution in [3.8, 4) is 5.75 Å². The van der Waals surface area contributed by atoms with E-state index < -0.39 is 6.10 Å². The van der Waals surface area contributed by atoms with Gasteiger partial charge in [0.1, 0.15) is 18.5 Å². The number of rotatable bonds is 8. The second kappa shape index (κ2) is 10.7. The summed E-state index contributed by atoms with van der Waals surface area (Å²) in [6.07, 6.45) is 0.602. The Hall–Kier alpha value is -1.75. The molecule has 0 aliphatic carbocycles. The van der Waals surface area contributed by atoms with E-state index in [-0.39, 0.29) is 10.8 Å². The highest BCUT2D eigenvalue weighted by Crippen LogP contribution is 2.36. The van der Waals surface area contributed by atoms with Gasteiger partial charge in [-0.2, -0.15) is 0 Å². The number of ether oxygens (including phenoxy) is 1. The van der Waals surface area contributed by atoms with Crippen LogP contribution in [0, 0.1) is 12.3 Å². The van der Waals surface area contributed by atoms with E-state index in [0.717, 1.165) is 43.4 Å². The summed E-state index contributed by atoms with van der Waals surface area (Å²) < 4.78 is 5.90. The molecular formula is C28H41ClN2O2. The van der Waals surface area contributed by atoms with Gasteiger partial charge in [-0.05, 0) is 59.6 Å². The highest BCUT2D eigenvalue weighted by molar-refractivity contribution is 6.30. The summed E-state index contributed by atoms with van der Waals surface area (Å²) in [5.41, 5.74) is 4.16. The quantitative estimate of drug-likeness (QED) is 0.517. The van der Waals surface area contributed by atoms with Crippen LogP contribution in [0.2, 0.25) is 5.02 Å². The third kappa shape index (κ3) is 7.63. The predicted octanol–water partition coefficient (Wildman–Crippen LogP) is 5.92. The maximum Gasteiger partial charge on any atom is 0.119 e. The number of β-amino-alcohol motifs (C(OH)–C–C–N with tert-alkyl or cyclic N) is 1. The first-order valence-corrected chi connectivity index (χ1v) is 12.5. The number of halogens is 1. The van der Waals surface area contributed by atoms with Crippen LogP contribution in [-0.2, 0) is 5.41 Å². The number of aliphatic hydroxyl groups is 1. The van der Waals surface area contributed by atoms with Crippen LogP contribution < -0.4 is 9.64 Å². The lowest BCUT2D eigenvalue weighted by Gasteiger charge is -2.37. The number of hydrogen-bond acceptors (Lipinski definition) is 4. The van der Waals surface area contributed by atoms with E-state index in [9.17, 15) is 5.11 Å². The van der Waals surface area contributed by atoms with Gasteiger partial charge in [0.25, 0.3) is 0 Å². The van der Waals surface area contributed by atoms with Crippen LogP contribution in [0.1, 0.15) is 52.2 Å². The Kier molecular flexibility index (Phi) is 8.36. The van der Waals surface area contributed by atoms with Crippen LogP contribution in [0.15, 0.2) is 42.5 Å². The molecule has 2 aromatic rings. The normalized spacial score (nSPS) is 16.7. The fourth-order valence-corrected chi connectivity index (χ4v) is 5.23. The second-order valence-corrected chi connectivity index (χ2v) is 11.8. The van der Waals surface area contributed by atoms with Gasteiger partial charge in [-0.25, -0.2) is 0 Å². The number of piperazine rings is 1. The molecule has 0 spiro atoms. The molecule has 1 fully saturated rings. The third-order valence-electron chi connectivity index (χ3n) is 6.40. The highest BCUT2D eigenvalue weighted by atomic mass is 35.5. The first kappa shape index (κ1) is 25.9. The van der Waals surface area contributed by atoms with Crippen LogP contribution in [0.4, 0.5) is 5.69 Å². The minimum atomic E-state index is -0.513. The molecule has 0 amide bonds. The molecule has 3 rings (SSSR count). The molecule has 1 atom stereocenters. The molecule has 5 heteroatoms. The number of benzene rings is 2. The van der Waals surface area contributed by atoms with Crippen molar-refractivity contribution >= 4 is 17.3 Å². The Morgan fingerprint density at radius 1 is 0.970 bits per heavy atom. The van der Waals surface area contributed by atoms with Crippen molar-refractivity contribution in [1.82, 2.24) is 4.90 Å². The molecule has 33 heavy (non-hydrogen) atoms. The Bertz CT molecular complexity index is 897. The average molecular weight is 473 g/mol. The van der Waals surface area contributed by atoms with Crippen molar-refractivity contribution in [1.29, 1.82) is 0 Å². The van der Waals surface area contributed by atoms with E-state index in [1.165, 1.54) is 16.8 Å². The van der Waals surface area contributed by atoms with Gasteiger partial charge in [0.05, 0.1) is 0 Å². The Morgan fingerprint density at radius 3 is 2.21 bits per heavy atom. The molecule has 1 N–H and O–H groups in total. The molecule has 0 radical (unpaired) electrons. The smallest absolute Gasteiger partial charge is 0.119 e. The maximum atomic E-state index is 10.5. The first-order chi connectivity index (χ1) is 15.4. The summed E-state index contributed by atoms with van der Waals surface area (Å²) in [6.45, 7) is 18.2. The summed E-state index contributed by atoms with van der Waals surface area (Å²) in [6, 6.07) is 14.4. The topological polar surface area (TPSA) is 35.9 Å². The molecule has 0 bridgehead atoms. The van der Waals surface area contributed by atoms with E-state index in [4.69, 9.17) is 16.3 Å². The van der Waals surface area contributed by atoms with Crippen LogP contribution in [0.25, 0.3) is 0 Å². The summed E-state index contributed by atoms with van der Waals surface area (Å²) in [5, 5.41) is 11.3. The molecule has 1 saturated heterocycles. The van der Waals surface area contributed by atoms with Crippen molar-refractivity contribution in [2.75, 3.05) is 44.2 Å². The number of nitrogens with zero attached hydrogens (tertiary/aromatic N) is 2. The predicted molar refractivity (Wildman–Crippen MR) is 140 cm³/mol. The van der Waals surface area contributed by atoms with Crippen molar-refractivity contribution in [3.05, 3.63) is 58.6 Å². The fraction of sp³-hybridized carbons (Fsp3) is 0.571. The molecule has 1 unspecified atom stereocenters. The molecule has 4 nitrogen and oxygen atoms in total. The Labute approximate surface area is 205 Å². The molecule has 2 aromatic carbocycles. The maximum absolute atomic E-state index is 10.5. The van der Waals surface area contributed by atoms with Gasteiger partial charge >= 0.3 is 0 Å². The third-order valence-corrected chi connectivity index (χ3v) is 6.64. The SMILES string of the molecule is Cc1ccc(Cl)cc1N1CCN(CC(O)COc2ccc(C(C)(C)CC(C)(C)C)cc2)CC1. The molecule has 1 aliphatic heterocycles. The standard InChI is InChI=1S/C28H41ClN2O2/c1-21-7-10-23(29)17-26(21)31-15-13-30(14-16-31)18-24(32)19-33-25-11-8-22(9-12-25)28(5,6)20-27(2,3)4/h7-12,17,24,32H,13-16,18-20H2,1-6H3. The minimum Gasteiger partial charge on any atom is -0.491 e. The Balaban J connectivity index is 1.44. The molecular weight excluding hydrogens is 432 g/mol. The first-order valence-electron chi connectivity index (χ1n) is 12.1. The van der Waals surface area contributed by atoms with Crippen molar-refractivity contribution in [2.45, 2.75) is 59.5 Å². The number of anilines is 1. The monoisotopic (exact) mass is 472 g/mol. The highest BCUT2D eigenvalue weighted by Gasteiger charge is 2.27. The average Bonchev–Trinajstić information content (AvgIpc) is 2.73. The lowest BCUT2D eigenvalue weighted by molar-refractivity contribution is 0.0663. The van der Waals surface area contributed by atoms with Crippen molar-refractivity contribution < 1.29 is 9.84 Å². The zero-order valence-corrected chi connectivity index (χ0v) is 22.0. The van der Waals surface area contributed by atoms with Gasteiger partial charge in [-0.3, -0.25) is 4.90 Å². The summed E-state index contributed by atoms with van der Waals surface area (Å²) in [5.74, 6) is 0.811. The van der Waals surface area contributed by atoms with Gasteiger partial charge in [0, 0.05) is 43.4 Å². The summed E-state index contributed by atoms with van der Waals surface area (Å²) >= 11 is 6.19. The molecule has 0 saturated carbocycles. The van der Waals surface area contributed by atoms with Crippen LogP contribution in [0.5, 0.6) is 5.75 Å². The van der Waals surface area contributed by atoms with Crippen molar-refractivity contribution in [3.63, 3.8) is 0 Å². The molecule has 182 valence electrons. The molecule has 1 aliphatic rings. The largest absolute Gasteiger partial charge is 0.491 e. The fourth-order valence-electron chi connectivity index (χ4n) is 5.07. The zero-order valence-electron chi connectivity index (χ0n) is 21.2. The van der Waals surface area contributed by atoms with Crippen LogP contribution >= 0.6 is 11.6 Å². The second-order valence-electron chi connectivity index (χ2n) is 11.3. The lowest BCUT2D eigenvalue weighted by Crippen LogP contribution is -2.49. The van der Waals surface area contributed by atoms with Crippen LogP contribution in [0.3, 0.4) is 0 Å². The van der Waals surface area contributed by atoms with E-state index >= 15 is 0 Å². The van der Waals surface area contributed by atoms with E-state index in [2.05, 4.69) is 69.5 Å². The summed E-state index contributed by atoms with van der Waals surface area (Å²) in [4.78, 5) is 4.69. The van der Waals surface area contributed by atoms with Gasteiger partial charge in [0.2, 0.25) is 0 Å². The molecule has 1 heterocycles. The van der Waals surface area contributed by atoms with Gasteiger partial charge < -0.3 is 14.7 Å². The number of aliphatic hydroxyl groups excluding tert-OH is 1. The number of aryl methyl sites for hydroxylation is 1. The summed E-state index contributed by atoms with van der Waals surface area (Å²) in [7, 11) is 0. The van der Waals surface area contributed by atoms with Gasteiger partial charge in [-0.15, -0.1) is 0 Å². The zero-order chi connectivity index (χ0) is 24.2. The van der Waals surface area contributed by atoms with Crippen LogP contribution in [-0.4, -0.2) is 55.4 Å². The Morgan fingerprint density at radius 2 is 1.61 bits per heavy atom. The molecule has 0 aromatic heterocycles. The van der Waals surface area contributed by atoms with Gasteiger partial charge in [-0.1, -0.05) is 64.4 Å². The van der Waals surface area contributed by atoms with E-state index in [0.29, 0.717) is 13.2 Å². The lowest BCUT2D eigenvalue weighted by atomic mass is 9.72. The minimum absolute atomic E-state index is 0.113. The van der Waals surface area contributed by atoms with E-state index in [1.807, 2.05) is 24.3 Å². The van der Waals surface area contributed by atoms with Gasteiger partial charge in [0.15, 0.2) is 0 Å². The van der Waals surface area contributed by atoms with E-state index in [1.54, 1.807) is 0 Å². The number of hydrogen-bond donors (Lipinski definition) is 1. The van der Waals surface area contributed by atoms with Crippen molar-refractivity contribution in [2.24, 2.45) is 5.41 Å².